The smallest absolute Gasteiger partial charge is 0.223 e. The summed E-state index contributed by atoms with van der Waals surface area (Å²) in [5.41, 5.74) is 0. The zero-order chi connectivity index (χ0) is 9.68. The summed E-state index contributed by atoms with van der Waals surface area (Å²) in [5, 5.41) is 3.29. The van der Waals surface area contributed by atoms with E-state index in [9.17, 15) is 4.79 Å². The molecule has 0 aliphatic carbocycles. The van der Waals surface area contributed by atoms with Crippen molar-refractivity contribution < 1.29 is 9.53 Å². The quantitative estimate of drug-likeness (QED) is 0.663. The number of carbonyl (C=O) groups is 1. The van der Waals surface area contributed by atoms with E-state index in [0.717, 1.165) is 26.2 Å². The molecule has 1 atom stereocenters. The van der Waals surface area contributed by atoms with Gasteiger partial charge in [0.1, 0.15) is 0 Å². The molecular weight excluding hydrogens is 168 g/mol. The van der Waals surface area contributed by atoms with Gasteiger partial charge < -0.3 is 15.0 Å². The lowest BCUT2D eigenvalue weighted by molar-refractivity contribution is -0.128. The third-order valence-electron chi connectivity index (χ3n) is 2.20. The Labute approximate surface area is 79.2 Å². The highest BCUT2D eigenvalue weighted by atomic mass is 16.5. The van der Waals surface area contributed by atoms with Crippen LogP contribution in [0.5, 0.6) is 0 Å². The van der Waals surface area contributed by atoms with Crippen LogP contribution in [0, 0.1) is 0 Å². The SMILES string of the molecule is CN(C)C(=O)CCNC1CCOC1. The van der Waals surface area contributed by atoms with Crippen molar-refractivity contribution in [3.05, 3.63) is 0 Å². The summed E-state index contributed by atoms with van der Waals surface area (Å²) in [4.78, 5) is 12.8. The number of nitrogens with zero attached hydrogens (tertiary/aromatic N) is 1. The first-order valence-corrected chi connectivity index (χ1v) is 4.71. The van der Waals surface area contributed by atoms with Gasteiger partial charge in [-0.05, 0) is 6.42 Å². The largest absolute Gasteiger partial charge is 0.380 e. The highest BCUT2D eigenvalue weighted by molar-refractivity contribution is 5.75. The number of carbonyl (C=O) groups excluding carboxylic acids is 1. The molecule has 1 rings (SSSR count). The highest BCUT2D eigenvalue weighted by Gasteiger charge is 2.14. The highest BCUT2D eigenvalue weighted by Crippen LogP contribution is 2.02. The first-order valence-electron chi connectivity index (χ1n) is 4.71. The number of hydrogen-bond acceptors (Lipinski definition) is 3. The summed E-state index contributed by atoms with van der Waals surface area (Å²) in [6.07, 6.45) is 1.64. The number of ether oxygens (including phenoxy) is 1. The molecule has 0 aromatic carbocycles. The topological polar surface area (TPSA) is 41.6 Å². The lowest BCUT2D eigenvalue weighted by Gasteiger charge is -2.12. The Kier molecular flexibility index (Phi) is 4.18. The molecular formula is C9H18N2O2. The molecule has 1 heterocycles. The second-order valence-corrected chi connectivity index (χ2v) is 3.55. The minimum Gasteiger partial charge on any atom is -0.380 e. The second kappa shape index (κ2) is 5.19. The van der Waals surface area contributed by atoms with Crippen LogP contribution >= 0.6 is 0 Å². The fourth-order valence-corrected chi connectivity index (χ4v) is 1.30. The predicted octanol–water partition coefficient (Wildman–Crippen LogP) is -0.157. The van der Waals surface area contributed by atoms with E-state index >= 15 is 0 Å². The minimum absolute atomic E-state index is 0.173. The van der Waals surface area contributed by atoms with Crippen molar-refractivity contribution in [1.82, 2.24) is 10.2 Å². The van der Waals surface area contributed by atoms with Gasteiger partial charge in [0.05, 0.1) is 6.61 Å². The van der Waals surface area contributed by atoms with Crippen LogP contribution in [0.3, 0.4) is 0 Å². The maximum absolute atomic E-state index is 11.2. The zero-order valence-corrected chi connectivity index (χ0v) is 8.38. The molecule has 4 heteroatoms. The third-order valence-corrected chi connectivity index (χ3v) is 2.20. The monoisotopic (exact) mass is 186 g/mol. The Morgan fingerprint density at radius 1 is 1.62 bits per heavy atom. The number of rotatable bonds is 4. The molecule has 1 amide bonds. The summed E-state index contributed by atoms with van der Waals surface area (Å²) >= 11 is 0. The molecule has 0 aromatic heterocycles. The molecule has 76 valence electrons. The summed E-state index contributed by atoms with van der Waals surface area (Å²) in [6.45, 7) is 2.39. The molecule has 0 radical (unpaired) electrons. The maximum Gasteiger partial charge on any atom is 0.223 e. The molecule has 0 spiro atoms. The van der Waals surface area contributed by atoms with Crippen LogP contribution in [0.15, 0.2) is 0 Å². The van der Waals surface area contributed by atoms with Crippen LogP contribution in [-0.4, -0.2) is 50.7 Å². The molecule has 0 aromatic rings. The number of amides is 1. The molecule has 1 saturated heterocycles. The van der Waals surface area contributed by atoms with Crippen LogP contribution in [-0.2, 0) is 9.53 Å². The standard InChI is InChI=1S/C9H18N2O2/c1-11(2)9(12)3-5-10-8-4-6-13-7-8/h8,10H,3-7H2,1-2H3. The summed E-state index contributed by atoms with van der Waals surface area (Å²) in [7, 11) is 3.56. The molecule has 1 aliphatic rings. The summed E-state index contributed by atoms with van der Waals surface area (Å²) in [6, 6.07) is 0.454. The van der Waals surface area contributed by atoms with Gasteiger partial charge in [0.25, 0.3) is 0 Å². The van der Waals surface area contributed by atoms with E-state index in [1.807, 2.05) is 0 Å². The van der Waals surface area contributed by atoms with E-state index in [4.69, 9.17) is 4.74 Å². The summed E-state index contributed by atoms with van der Waals surface area (Å²) in [5.74, 6) is 0.173. The van der Waals surface area contributed by atoms with Gasteiger partial charge in [-0.3, -0.25) is 4.79 Å². The van der Waals surface area contributed by atoms with Gasteiger partial charge in [0.2, 0.25) is 5.91 Å². The van der Waals surface area contributed by atoms with Gasteiger partial charge in [-0.1, -0.05) is 0 Å². The molecule has 1 unspecified atom stereocenters. The Morgan fingerprint density at radius 2 is 2.38 bits per heavy atom. The van der Waals surface area contributed by atoms with Crippen molar-refractivity contribution in [2.45, 2.75) is 18.9 Å². The van der Waals surface area contributed by atoms with Crippen LogP contribution in [0.1, 0.15) is 12.8 Å². The second-order valence-electron chi connectivity index (χ2n) is 3.55. The molecule has 1 fully saturated rings. The zero-order valence-electron chi connectivity index (χ0n) is 8.38. The lowest BCUT2D eigenvalue weighted by atomic mass is 10.2. The van der Waals surface area contributed by atoms with Crippen molar-refractivity contribution >= 4 is 5.91 Å². The molecule has 1 aliphatic heterocycles. The van der Waals surface area contributed by atoms with Crippen LogP contribution in [0.25, 0.3) is 0 Å². The molecule has 13 heavy (non-hydrogen) atoms. The van der Waals surface area contributed by atoms with Crippen molar-refractivity contribution in [1.29, 1.82) is 0 Å². The fourth-order valence-electron chi connectivity index (χ4n) is 1.30. The molecule has 0 bridgehead atoms. The Balaban J connectivity index is 2.03. The van der Waals surface area contributed by atoms with E-state index in [0.29, 0.717) is 12.5 Å². The van der Waals surface area contributed by atoms with E-state index in [-0.39, 0.29) is 5.91 Å². The van der Waals surface area contributed by atoms with Gasteiger partial charge in [-0.15, -0.1) is 0 Å². The average Bonchev–Trinajstić information content (AvgIpc) is 2.56. The first-order chi connectivity index (χ1) is 6.20. The first kappa shape index (κ1) is 10.5. The van der Waals surface area contributed by atoms with Crippen molar-refractivity contribution in [2.24, 2.45) is 0 Å². The fraction of sp³-hybridized carbons (Fsp3) is 0.889. The predicted molar refractivity (Wildman–Crippen MR) is 50.5 cm³/mol. The van der Waals surface area contributed by atoms with E-state index in [1.54, 1.807) is 19.0 Å². The normalized spacial score (nSPS) is 21.8. The Morgan fingerprint density at radius 3 is 2.92 bits per heavy atom. The van der Waals surface area contributed by atoms with Gasteiger partial charge >= 0.3 is 0 Å². The third kappa shape index (κ3) is 3.74. The van der Waals surface area contributed by atoms with Gasteiger partial charge in [0, 0.05) is 39.7 Å². The van der Waals surface area contributed by atoms with Crippen LogP contribution in [0.4, 0.5) is 0 Å². The van der Waals surface area contributed by atoms with Crippen LogP contribution < -0.4 is 5.32 Å². The van der Waals surface area contributed by atoms with E-state index in [2.05, 4.69) is 5.32 Å². The van der Waals surface area contributed by atoms with Crippen molar-refractivity contribution in [2.75, 3.05) is 33.9 Å². The van der Waals surface area contributed by atoms with Crippen molar-refractivity contribution in [3.63, 3.8) is 0 Å². The van der Waals surface area contributed by atoms with Gasteiger partial charge in [0.15, 0.2) is 0 Å². The maximum atomic E-state index is 11.2. The van der Waals surface area contributed by atoms with Crippen LogP contribution in [0.2, 0.25) is 0 Å². The Bertz CT molecular complexity index is 165. The molecule has 1 N–H and O–H groups in total. The molecule has 0 saturated carbocycles. The number of hydrogen-bond donors (Lipinski definition) is 1. The van der Waals surface area contributed by atoms with Gasteiger partial charge in [-0.2, -0.15) is 0 Å². The van der Waals surface area contributed by atoms with Crippen molar-refractivity contribution in [3.8, 4) is 0 Å². The van der Waals surface area contributed by atoms with E-state index in [1.165, 1.54) is 0 Å². The summed E-state index contributed by atoms with van der Waals surface area (Å²) < 4.78 is 5.20. The lowest BCUT2D eigenvalue weighted by Crippen LogP contribution is -2.33. The van der Waals surface area contributed by atoms with E-state index < -0.39 is 0 Å². The minimum atomic E-state index is 0.173. The Hall–Kier alpha value is -0.610. The van der Waals surface area contributed by atoms with Gasteiger partial charge in [-0.25, -0.2) is 0 Å². The average molecular weight is 186 g/mol. The number of nitrogens with one attached hydrogen (secondary N) is 1. The molecule has 4 nitrogen and oxygen atoms in total.